The van der Waals surface area contributed by atoms with Crippen LogP contribution in [0.5, 0.6) is 0 Å². The molecular weight excluding hydrogens is 371 g/mol. The van der Waals surface area contributed by atoms with E-state index in [2.05, 4.69) is 20.3 Å². The number of aromatic nitrogens is 4. The molecule has 3 heterocycles. The third-order valence-electron chi connectivity index (χ3n) is 3.46. The van der Waals surface area contributed by atoms with Crippen LogP contribution in [0.15, 0.2) is 57.5 Å². The molecule has 0 aliphatic rings. The van der Waals surface area contributed by atoms with E-state index in [1.165, 1.54) is 23.9 Å². The van der Waals surface area contributed by atoms with Gasteiger partial charge >= 0.3 is 0 Å². The third-order valence-corrected chi connectivity index (χ3v) is 5.22. The van der Waals surface area contributed by atoms with E-state index in [4.69, 9.17) is 4.52 Å². The number of thioether (sulfide) groups is 1. The summed E-state index contributed by atoms with van der Waals surface area (Å²) in [4.78, 5) is 5.45. The number of hydrogen-bond acceptors (Lipinski definition) is 6. The molecule has 0 spiro atoms. The molecule has 0 atom stereocenters. The first-order chi connectivity index (χ1) is 12.8. The van der Waals surface area contributed by atoms with Crippen LogP contribution in [-0.4, -0.2) is 20.3 Å². The Morgan fingerprint density at radius 3 is 2.88 bits per heavy atom. The van der Waals surface area contributed by atoms with E-state index in [1.54, 1.807) is 29.5 Å². The second-order valence-corrected chi connectivity index (χ2v) is 7.23. The average molecular weight is 384 g/mol. The minimum absolute atomic E-state index is 0.254. The number of benzene rings is 1. The summed E-state index contributed by atoms with van der Waals surface area (Å²) in [6.07, 6.45) is 3.65. The number of nitrogens with one attached hydrogen (secondary N) is 1. The Morgan fingerprint density at radius 2 is 2.08 bits per heavy atom. The molecule has 26 heavy (non-hydrogen) atoms. The van der Waals surface area contributed by atoms with Crippen molar-refractivity contribution in [1.82, 2.24) is 20.3 Å². The molecular formula is C18H13FN4OS2. The summed E-state index contributed by atoms with van der Waals surface area (Å²) in [5.74, 6) is 1.77. The van der Waals surface area contributed by atoms with Gasteiger partial charge in [-0.2, -0.15) is 0 Å². The molecule has 0 saturated heterocycles. The lowest BCUT2D eigenvalue weighted by Crippen LogP contribution is -1.81. The van der Waals surface area contributed by atoms with Crippen LogP contribution in [0.25, 0.3) is 22.8 Å². The fourth-order valence-corrected chi connectivity index (χ4v) is 3.56. The number of aromatic amines is 1. The van der Waals surface area contributed by atoms with E-state index in [9.17, 15) is 4.39 Å². The quantitative estimate of drug-likeness (QED) is 0.467. The van der Waals surface area contributed by atoms with Crippen molar-refractivity contribution in [3.05, 3.63) is 70.7 Å². The first-order valence-electron chi connectivity index (χ1n) is 7.74. The predicted molar refractivity (Wildman–Crippen MR) is 101 cm³/mol. The highest BCUT2D eigenvalue weighted by atomic mass is 32.2. The summed E-state index contributed by atoms with van der Waals surface area (Å²) in [7, 11) is 0. The van der Waals surface area contributed by atoms with Crippen molar-refractivity contribution in [2.24, 2.45) is 0 Å². The van der Waals surface area contributed by atoms with Gasteiger partial charge in [-0.25, -0.2) is 9.37 Å². The number of hydrogen-bond donors (Lipinski definition) is 1. The maximum atomic E-state index is 12.9. The van der Waals surface area contributed by atoms with Crippen molar-refractivity contribution in [2.75, 3.05) is 0 Å². The smallest absolute Gasteiger partial charge is 0.209 e. The van der Waals surface area contributed by atoms with Crippen molar-refractivity contribution in [1.29, 1.82) is 0 Å². The van der Waals surface area contributed by atoms with Gasteiger partial charge in [0.1, 0.15) is 11.6 Å². The lowest BCUT2D eigenvalue weighted by atomic mass is 10.2. The van der Waals surface area contributed by atoms with Crippen molar-refractivity contribution in [2.45, 2.75) is 10.9 Å². The predicted octanol–water partition coefficient (Wildman–Crippen LogP) is 5.12. The van der Waals surface area contributed by atoms with Gasteiger partial charge in [0.2, 0.25) is 5.16 Å². The largest absolute Gasteiger partial charge is 0.355 e. The zero-order chi connectivity index (χ0) is 17.8. The number of nitrogens with zero attached hydrogens (tertiary/aromatic N) is 3. The summed E-state index contributed by atoms with van der Waals surface area (Å²) in [6.45, 7) is 0. The molecule has 0 aliphatic carbocycles. The summed E-state index contributed by atoms with van der Waals surface area (Å²) >= 11 is 3.09. The maximum Gasteiger partial charge on any atom is 0.209 e. The molecule has 5 nitrogen and oxygen atoms in total. The Hall–Kier alpha value is -2.71. The third kappa shape index (κ3) is 4.09. The van der Waals surface area contributed by atoms with Crippen molar-refractivity contribution in [3.8, 4) is 10.6 Å². The molecule has 0 bridgehead atoms. The number of thiophene rings is 1. The van der Waals surface area contributed by atoms with Gasteiger partial charge in [-0.05, 0) is 35.2 Å². The molecule has 4 rings (SSSR count). The van der Waals surface area contributed by atoms with Crippen LogP contribution in [-0.2, 0) is 5.75 Å². The average Bonchev–Trinajstić information content (AvgIpc) is 3.40. The van der Waals surface area contributed by atoms with E-state index < -0.39 is 0 Å². The molecule has 4 aromatic rings. The van der Waals surface area contributed by atoms with Crippen LogP contribution in [0, 0.1) is 5.82 Å². The molecule has 0 amide bonds. The lowest BCUT2D eigenvalue weighted by Gasteiger charge is -1.91. The molecule has 0 radical (unpaired) electrons. The Bertz CT molecular complexity index is 1010. The van der Waals surface area contributed by atoms with Gasteiger partial charge in [-0.3, -0.25) is 5.10 Å². The van der Waals surface area contributed by atoms with Gasteiger partial charge in [-0.15, -0.1) is 16.4 Å². The SMILES string of the molecule is Fc1ccc(C=Cc2nc(SCc3cc(-c4cccs4)on3)n[nH]2)cc1. The minimum atomic E-state index is -0.254. The summed E-state index contributed by atoms with van der Waals surface area (Å²) in [6, 6.07) is 12.2. The summed E-state index contributed by atoms with van der Waals surface area (Å²) < 4.78 is 18.3. The maximum absolute atomic E-state index is 12.9. The molecule has 1 aromatic carbocycles. The second-order valence-electron chi connectivity index (χ2n) is 5.34. The van der Waals surface area contributed by atoms with Crippen LogP contribution in [0.4, 0.5) is 4.39 Å². The molecule has 0 unspecified atom stereocenters. The Morgan fingerprint density at radius 1 is 1.19 bits per heavy atom. The molecule has 0 fully saturated rings. The Labute approximate surface area is 157 Å². The van der Waals surface area contributed by atoms with E-state index >= 15 is 0 Å². The Kier molecular flexibility index (Phi) is 4.94. The monoisotopic (exact) mass is 384 g/mol. The zero-order valence-electron chi connectivity index (χ0n) is 13.4. The fraction of sp³-hybridized carbons (Fsp3) is 0.0556. The van der Waals surface area contributed by atoms with Gasteiger partial charge in [0.15, 0.2) is 5.76 Å². The molecule has 0 saturated carbocycles. The van der Waals surface area contributed by atoms with E-state index in [-0.39, 0.29) is 5.82 Å². The highest BCUT2D eigenvalue weighted by Crippen LogP contribution is 2.27. The normalized spacial score (nSPS) is 11.4. The van der Waals surface area contributed by atoms with E-state index in [0.29, 0.717) is 16.7 Å². The van der Waals surface area contributed by atoms with Gasteiger partial charge in [0, 0.05) is 11.8 Å². The fourth-order valence-electron chi connectivity index (χ4n) is 2.20. The lowest BCUT2D eigenvalue weighted by molar-refractivity contribution is 0.427. The summed E-state index contributed by atoms with van der Waals surface area (Å²) in [5.41, 5.74) is 1.73. The van der Waals surface area contributed by atoms with Crippen LogP contribution in [0.3, 0.4) is 0 Å². The minimum Gasteiger partial charge on any atom is -0.355 e. The molecule has 1 N–H and O–H groups in total. The Balaban J connectivity index is 1.36. The van der Waals surface area contributed by atoms with E-state index in [0.717, 1.165) is 21.9 Å². The zero-order valence-corrected chi connectivity index (χ0v) is 15.1. The van der Waals surface area contributed by atoms with Gasteiger partial charge in [-0.1, -0.05) is 41.2 Å². The highest BCUT2D eigenvalue weighted by Gasteiger charge is 2.09. The topological polar surface area (TPSA) is 67.6 Å². The van der Waals surface area contributed by atoms with Gasteiger partial charge < -0.3 is 4.52 Å². The van der Waals surface area contributed by atoms with Crippen molar-refractivity contribution in [3.63, 3.8) is 0 Å². The van der Waals surface area contributed by atoms with Gasteiger partial charge in [0.25, 0.3) is 0 Å². The van der Waals surface area contributed by atoms with Crippen molar-refractivity contribution < 1.29 is 8.91 Å². The molecule has 130 valence electrons. The second kappa shape index (κ2) is 7.67. The van der Waals surface area contributed by atoms with Crippen LogP contribution in [0.2, 0.25) is 0 Å². The van der Waals surface area contributed by atoms with E-state index in [1.807, 2.05) is 29.7 Å². The van der Waals surface area contributed by atoms with Gasteiger partial charge in [0.05, 0.1) is 10.6 Å². The standard InChI is InChI=1S/C18H13FN4OS2/c19-13-6-3-12(4-7-13)5-8-17-20-18(22-21-17)26-11-14-10-15(24-23-14)16-2-1-9-25-16/h1-10H,11H2,(H,20,21,22). The van der Waals surface area contributed by atoms with Crippen LogP contribution < -0.4 is 0 Å². The summed E-state index contributed by atoms with van der Waals surface area (Å²) in [5, 5.41) is 13.7. The van der Waals surface area contributed by atoms with Crippen molar-refractivity contribution >= 4 is 35.3 Å². The first-order valence-corrected chi connectivity index (χ1v) is 9.61. The molecule has 3 aromatic heterocycles. The highest BCUT2D eigenvalue weighted by molar-refractivity contribution is 7.98. The number of rotatable bonds is 6. The number of H-pyrrole nitrogens is 1. The number of halogens is 1. The molecule has 8 heteroatoms. The molecule has 0 aliphatic heterocycles. The van der Waals surface area contributed by atoms with Crippen LogP contribution in [0.1, 0.15) is 17.1 Å². The van der Waals surface area contributed by atoms with Crippen LogP contribution >= 0.6 is 23.1 Å². The first kappa shape index (κ1) is 16.7.